The number of carbonyl (C=O) groups excluding carboxylic acids is 2. The Bertz CT molecular complexity index is 1380. The van der Waals surface area contributed by atoms with E-state index >= 15 is 0 Å². The van der Waals surface area contributed by atoms with E-state index in [1.165, 1.54) is 6.92 Å². The van der Waals surface area contributed by atoms with E-state index in [1.54, 1.807) is 5.32 Å². The van der Waals surface area contributed by atoms with Crippen LogP contribution in [-0.2, 0) is 9.47 Å². The quantitative estimate of drug-likeness (QED) is 0.196. The Labute approximate surface area is 256 Å². The van der Waals surface area contributed by atoms with Gasteiger partial charge in [0.1, 0.15) is 0 Å². The molecule has 0 aliphatic heterocycles. The van der Waals surface area contributed by atoms with Gasteiger partial charge in [0, 0.05) is 11.4 Å². The minimum atomic E-state index is -9.26. The van der Waals surface area contributed by atoms with Crippen LogP contribution in [0.3, 0.4) is 0 Å². The lowest BCUT2D eigenvalue weighted by Gasteiger charge is -2.44. The summed E-state index contributed by atoms with van der Waals surface area (Å²) in [5.74, 6) is -78.0. The molecule has 0 aromatic heterocycles. The number of anilines is 2. The highest BCUT2D eigenvalue weighted by Crippen LogP contribution is 2.66. The number of benzene rings is 1. The molecule has 0 heterocycles. The molecule has 0 saturated carbocycles. The summed E-state index contributed by atoms with van der Waals surface area (Å²) < 4.78 is 290. The van der Waals surface area contributed by atoms with Gasteiger partial charge in [-0.05, 0) is 24.6 Å². The average Bonchev–Trinajstić information content (AvgIpc) is 2.93. The lowest BCUT2D eigenvalue weighted by atomic mass is 9.86. The predicted molar refractivity (Wildman–Crippen MR) is 117 cm³/mol. The average molecular weight is 770 g/mol. The van der Waals surface area contributed by atoms with Gasteiger partial charge in [-0.2, -0.15) is 92.2 Å². The van der Waals surface area contributed by atoms with Gasteiger partial charge < -0.3 is 9.47 Å². The Morgan fingerprint density at radius 1 is 0.571 bits per heavy atom. The predicted octanol–water partition coefficient (Wildman–Crippen LogP) is 9.39. The number of rotatable bonds is 13. The molecule has 1 aromatic rings. The number of hydrogen-bond acceptors (Lipinski definition) is 4. The van der Waals surface area contributed by atoms with Crippen LogP contribution in [0.15, 0.2) is 18.2 Å². The molecule has 27 heteroatoms. The lowest BCUT2D eigenvalue weighted by Crippen LogP contribution is -2.76. The molecule has 2 N–H and O–H groups in total. The number of carbonyl (C=O) groups is 2. The van der Waals surface area contributed by atoms with Gasteiger partial charge >= 0.3 is 71.7 Å². The first-order chi connectivity index (χ1) is 21.5. The number of methoxy groups -OCH3 is 1. The van der Waals surface area contributed by atoms with Crippen LogP contribution in [0.5, 0.6) is 0 Å². The molecule has 0 bridgehead atoms. The minimum Gasteiger partial charge on any atom is -0.453 e. The molecule has 0 unspecified atom stereocenters. The van der Waals surface area contributed by atoms with Crippen molar-refractivity contribution in [1.82, 2.24) is 0 Å². The van der Waals surface area contributed by atoms with E-state index in [2.05, 4.69) is 14.8 Å². The summed E-state index contributed by atoms with van der Waals surface area (Å²) in [7, 11) is 0.924. The van der Waals surface area contributed by atoms with Crippen LogP contribution in [-0.4, -0.2) is 85.4 Å². The maximum atomic E-state index is 14.0. The fourth-order valence-electron chi connectivity index (χ4n) is 3.17. The van der Waals surface area contributed by atoms with Crippen LogP contribution < -0.4 is 10.6 Å². The zero-order valence-corrected chi connectivity index (χ0v) is 23.2. The summed E-state index contributed by atoms with van der Waals surface area (Å²) in [5.41, 5.74) is -0.218. The van der Waals surface area contributed by atoms with Crippen molar-refractivity contribution in [2.45, 2.75) is 72.8 Å². The number of alkyl halides is 21. The van der Waals surface area contributed by atoms with Crippen LogP contribution >= 0.6 is 0 Å². The van der Waals surface area contributed by atoms with Gasteiger partial charge in [-0.15, -0.1) is 0 Å². The second-order valence-corrected chi connectivity index (χ2v) is 9.45. The number of halogens is 21. The summed E-state index contributed by atoms with van der Waals surface area (Å²) >= 11 is 0. The van der Waals surface area contributed by atoms with E-state index in [-0.39, 0.29) is 11.3 Å². The summed E-state index contributed by atoms with van der Waals surface area (Å²) in [6, 6.07) is 3.08. The van der Waals surface area contributed by atoms with Crippen molar-refractivity contribution < 1.29 is 111 Å². The van der Waals surface area contributed by atoms with E-state index in [9.17, 15) is 102 Å². The Morgan fingerprint density at radius 2 is 0.959 bits per heavy atom. The van der Waals surface area contributed by atoms with Crippen molar-refractivity contribution in [2.75, 3.05) is 24.4 Å². The smallest absolute Gasteiger partial charge is 0.453 e. The standard InChI is InChI=1S/C22H15F21N2O4/c1-8-3-4-9(7-10(8)45-11(46)48-2)44-12(47)49-6-5-13(23,24)14(25,26)15(27,28)16(29,30)17(31,32)18(33,34)19(35,36)20(37,38)21(39,40)22(41,42)43/h3-4,7H,5-6H2,1-2H3,(H,44,47)(H,45,46). The molecule has 0 atom stereocenters. The monoisotopic (exact) mass is 770 g/mol. The third kappa shape index (κ3) is 6.88. The van der Waals surface area contributed by atoms with E-state index < -0.39 is 90.4 Å². The Kier molecular flexibility index (Phi) is 11.4. The molecular formula is C22H15F21N2O4. The molecule has 6 nitrogen and oxygen atoms in total. The zero-order chi connectivity index (χ0) is 39.3. The van der Waals surface area contributed by atoms with Crippen LogP contribution in [0.4, 0.5) is 113 Å². The fraction of sp³-hybridized carbons (Fsp3) is 0.636. The normalized spacial score (nSPS) is 14.8. The third-order valence-electron chi connectivity index (χ3n) is 6.13. The van der Waals surface area contributed by atoms with Crippen molar-refractivity contribution in [2.24, 2.45) is 0 Å². The first-order valence-corrected chi connectivity index (χ1v) is 11.8. The van der Waals surface area contributed by atoms with Crippen molar-refractivity contribution in [3.8, 4) is 0 Å². The first kappa shape index (κ1) is 43.3. The fourth-order valence-corrected chi connectivity index (χ4v) is 3.17. The lowest BCUT2D eigenvalue weighted by molar-refractivity contribution is -0.474. The Balaban J connectivity index is 3.33. The molecule has 0 fully saturated rings. The second kappa shape index (κ2) is 12.9. The van der Waals surface area contributed by atoms with Crippen LogP contribution in [0.1, 0.15) is 12.0 Å². The molecule has 0 aliphatic rings. The number of amides is 2. The molecule has 284 valence electrons. The largest absolute Gasteiger partial charge is 0.460 e. The molecule has 1 aromatic carbocycles. The molecule has 0 aliphatic carbocycles. The highest BCUT2D eigenvalue weighted by Gasteiger charge is 2.97. The second-order valence-electron chi connectivity index (χ2n) is 9.45. The summed E-state index contributed by atoms with van der Waals surface area (Å²) in [5, 5.41) is 3.77. The number of hydrogen-bond donors (Lipinski definition) is 2. The topological polar surface area (TPSA) is 76.7 Å². The molecule has 49 heavy (non-hydrogen) atoms. The number of nitrogens with one attached hydrogen (secondary N) is 2. The van der Waals surface area contributed by atoms with Crippen LogP contribution in [0.2, 0.25) is 0 Å². The highest BCUT2D eigenvalue weighted by atomic mass is 19.4. The number of aryl methyl sites for hydroxylation is 1. The summed E-state index contributed by atoms with van der Waals surface area (Å²) in [6.45, 7) is -0.891. The van der Waals surface area contributed by atoms with Gasteiger partial charge in [-0.1, -0.05) is 6.07 Å². The molecule has 0 spiro atoms. The van der Waals surface area contributed by atoms with Crippen molar-refractivity contribution in [3.05, 3.63) is 23.8 Å². The molecule has 2 amide bonds. The van der Waals surface area contributed by atoms with Gasteiger partial charge in [0.15, 0.2) is 0 Å². The molecule has 1 rings (SSSR count). The van der Waals surface area contributed by atoms with Crippen molar-refractivity contribution >= 4 is 23.6 Å². The third-order valence-corrected chi connectivity index (χ3v) is 6.13. The SMILES string of the molecule is COC(=O)Nc1cc(NC(=O)OCCC(F)(F)C(F)(F)C(F)(F)C(F)(F)C(F)(F)C(F)(F)C(F)(F)C(F)(F)C(F)(F)C(F)(F)F)ccc1C. The van der Waals surface area contributed by atoms with Gasteiger partial charge in [0.2, 0.25) is 0 Å². The summed E-state index contributed by atoms with van der Waals surface area (Å²) in [4.78, 5) is 23.0. The first-order valence-electron chi connectivity index (χ1n) is 11.8. The maximum absolute atomic E-state index is 14.0. The van der Waals surface area contributed by atoms with E-state index in [1.807, 2.05) is 0 Å². The van der Waals surface area contributed by atoms with Crippen LogP contribution in [0, 0.1) is 6.92 Å². The Morgan fingerprint density at radius 3 is 1.35 bits per heavy atom. The minimum absolute atomic E-state index is 0.100. The highest BCUT2D eigenvalue weighted by molar-refractivity contribution is 5.89. The van der Waals surface area contributed by atoms with Gasteiger partial charge in [0.25, 0.3) is 0 Å². The van der Waals surface area contributed by atoms with Crippen molar-refractivity contribution in [3.63, 3.8) is 0 Å². The van der Waals surface area contributed by atoms with E-state index in [4.69, 9.17) is 0 Å². The van der Waals surface area contributed by atoms with Gasteiger partial charge in [0.05, 0.1) is 20.1 Å². The maximum Gasteiger partial charge on any atom is 0.460 e. The van der Waals surface area contributed by atoms with Crippen molar-refractivity contribution in [1.29, 1.82) is 0 Å². The zero-order valence-electron chi connectivity index (χ0n) is 23.2. The Hall–Kier alpha value is -3.71. The van der Waals surface area contributed by atoms with Crippen LogP contribution in [0.25, 0.3) is 0 Å². The molecular weight excluding hydrogens is 755 g/mol. The van der Waals surface area contributed by atoms with Gasteiger partial charge in [-0.25, -0.2) is 9.59 Å². The molecule has 0 radical (unpaired) electrons. The molecule has 0 saturated heterocycles. The van der Waals surface area contributed by atoms with E-state index in [0.717, 1.165) is 25.3 Å². The summed E-state index contributed by atoms with van der Waals surface area (Å²) in [6.07, 6.45) is -14.2. The van der Waals surface area contributed by atoms with E-state index in [0.29, 0.717) is 0 Å². The van der Waals surface area contributed by atoms with Gasteiger partial charge in [-0.3, -0.25) is 10.6 Å². The number of ether oxygens (including phenoxy) is 2.